The second kappa shape index (κ2) is 2.24. The molecule has 3 saturated heterocycles. The molecule has 68 valence electrons. The first-order valence-electron chi connectivity index (χ1n) is 5.31. The monoisotopic (exact) mass is 168 g/mol. The van der Waals surface area contributed by atoms with Crippen LogP contribution in [-0.4, -0.2) is 41.9 Å². The number of quaternary nitrogens is 1. The Morgan fingerprint density at radius 1 is 1.17 bits per heavy atom. The van der Waals surface area contributed by atoms with Gasteiger partial charge in [-0.2, -0.15) is 0 Å². The number of aliphatic hydroxyl groups is 1. The van der Waals surface area contributed by atoms with Gasteiger partial charge in [0.15, 0.2) is 0 Å². The number of fused-ring (bicyclic) bond motifs is 1. The summed E-state index contributed by atoms with van der Waals surface area (Å²) < 4.78 is 1.40. The van der Waals surface area contributed by atoms with Crippen LogP contribution in [0.3, 0.4) is 0 Å². The highest BCUT2D eigenvalue weighted by molar-refractivity contribution is 4.88. The summed E-state index contributed by atoms with van der Waals surface area (Å²) in [6.07, 6.45) is 4.31. The molecule has 2 bridgehead atoms. The summed E-state index contributed by atoms with van der Waals surface area (Å²) in [5.41, 5.74) is 0. The maximum atomic E-state index is 9.23. The van der Waals surface area contributed by atoms with Crippen molar-refractivity contribution in [3.63, 3.8) is 0 Å². The molecule has 3 aliphatic rings. The molecule has 3 aliphatic heterocycles. The fourth-order valence-electron chi connectivity index (χ4n) is 3.82. The van der Waals surface area contributed by atoms with E-state index in [2.05, 4.69) is 0 Å². The number of aliphatic hydroxyl groups excluding tert-OH is 1. The zero-order valence-electron chi connectivity index (χ0n) is 7.58. The van der Waals surface area contributed by atoms with Gasteiger partial charge in [0.25, 0.3) is 0 Å². The molecule has 2 heteroatoms. The SMILES string of the molecule is OCC1C[N+]23CC[C@@H]2CC[C@H]1C3. The van der Waals surface area contributed by atoms with Crippen molar-refractivity contribution in [2.24, 2.45) is 11.8 Å². The topological polar surface area (TPSA) is 20.2 Å². The van der Waals surface area contributed by atoms with Crippen LogP contribution < -0.4 is 0 Å². The van der Waals surface area contributed by atoms with E-state index in [9.17, 15) is 5.11 Å². The number of rotatable bonds is 1. The van der Waals surface area contributed by atoms with E-state index in [4.69, 9.17) is 0 Å². The minimum absolute atomic E-state index is 0.442. The quantitative estimate of drug-likeness (QED) is 0.569. The second-order valence-electron chi connectivity index (χ2n) is 5.03. The van der Waals surface area contributed by atoms with Gasteiger partial charge in [0, 0.05) is 24.7 Å². The van der Waals surface area contributed by atoms with E-state index >= 15 is 0 Å². The Kier molecular flexibility index (Phi) is 1.37. The Hall–Kier alpha value is -0.0800. The third-order valence-electron chi connectivity index (χ3n) is 4.65. The Labute approximate surface area is 73.8 Å². The van der Waals surface area contributed by atoms with Gasteiger partial charge in [-0.3, -0.25) is 0 Å². The molecule has 2 nitrogen and oxygen atoms in total. The third-order valence-corrected chi connectivity index (χ3v) is 4.65. The Bertz CT molecular complexity index is 206. The summed E-state index contributed by atoms with van der Waals surface area (Å²) in [7, 11) is 0. The number of hydrogen-bond donors (Lipinski definition) is 1. The molecule has 12 heavy (non-hydrogen) atoms. The van der Waals surface area contributed by atoms with Crippen LogP contribution in [0.15, 0.2) is 0 Å². The van der Waals surface area contributed by atoms with Crippen LogP contribution in [-0.2, 0) is 0 Å². The lowest BCUT2D eigenvalue weighted by molar-refractivity contribution is -0.984. The highest BCUT2D eigenvalue weighted by Crippen LogP contribution is 2.47. The molecule has 0 aromatic heterocycles. The van der Waals surface area contributed by atoms with Gasteiger partial charge in [-0.15, -0.1) is 0 Å². The first kappa shape index (κ1) is 7.34. The van der Waals surface area contributed by atoms with Crippen LogP contribution in [0.5, 0.6) is 0 Å². The van der Waals surface area contributed by atoms with E-state index in [-0.39, 0.29) is 0 Å². The molecular weight excluding hydrogens is 150 g/mol. The minimum atomic E-state index is 0.442. The van der Waals surface area contributed by atoms with Crippen molar-refractivity contribution < 1.29 is 9.59 Å². The van der Waals surface area contributed by atoms with E-state index in [1.54, 1.807) is 0 Å². The van der Waals surface area contributed by atoms with E-state index in [0.29, 0.717) is 12.5 Å². The van der Waals surface area contributed by atoms with Gasteiger partial charge >= 0.3 is 0 Å². The summed E-state index contributed by atoms with van der Waals surface area (Å²) in [5, 5.41) is 9.23. The summed E-state index contributed by atoms with van der Waals surface area (Å²) in [6, 6.07) is 0.998. The van der Waals surface area contributed by atoms with Gasteiger partial charge in [-0.05, 0) is 6.42 Å². The van der Waals surface area contributed by atoms with E-state index in [1.165, 1.54) is 43.4 Å². The molecular formula is C10H18NO+. The first-order valence-corrected chi connectivity index (χ1v) is 5.31. The largest absolute Gasteiger partial charge is 0.396 e. The zero-order valence-corrected chi connectivity index (χ0v) is 7.58. The van der Waals surface area contributed by atoms with Crippen LogP contribution >= 0.6 is 0 Å². The van der Waals surface area contributed by atoms with Crippen LogP contribution in [0.2, 0.25) is 0 Å². The highest BCUT2D eigenvalue weighted by atomic mass is 16.3. The molecule has 4 atom stereocenters. The minimum Gasteiger partial charge on any atom is -0.396 e. The predicted molar refractivity (Wildman–Crippen MR) is 46.6 cm³/mol. The smallest absolute Gasteiger partial charge is 0.0945 e. The lowest BCUT2D eigenvalue weighted by atomic mass is 9.85. The normalized spacial score (nSPS) is 56.2. The standard InChI is InChI=1S/C10H18NO/c12-7-9-6-11-4-3-10(11)2-1-8(9)5-11/h8-10,12H,1-7H2/q+1/t8-,9?,10-,11?/m0/s1. The van der Waals surface area contributed by atoms with Crippen LogP contribution in [0.1, 0.15) is 19.3 Å². The average molecular weight is 168 g/mol. The van der Waals surface area contributed by atoms with Crippen molar-refractivity contribution in [1.29, 1.82) is 0 Å². The summed E-state index contributed by atoms with van der Waals surface area (Å²) in [4.78, 5) is 0. The molecule has 0 aliphatic carbocycles. The third kappa shape index (κ3) is 0.728. The van der Waals surface area contributed by atoms with Crippen molar-refractivity contribution in [2.75, 3.05) is 26.2 Å². The van der Waals surface area contributed by atoms with Crippen LogP contribution in [0.25, 0.3) is 0 Å². The van der Waals surface area contributed by atoms with Gasteiger partial charge in [0.2, 0.25) is 0 Å². The molecule has 1 spiro atoms. The summed E-state index contributed by atoms with van der Waals surface area (Å²) in [6.45, 7) is 4.55. The molecule has 1 N–H and O–H groups in total. The fourth-order valence-corrected chi connectivity index (χ4v) is 3.82. The van der Waals surface area contributed by atoms with Crippen molar-refractivity contribution in [1.82, 2.24) is 0 Å². The van der Waals surface area contributed by atoms with E-state index in [0.717, 1.165) is 12.0 Å². The molecule has 3 fully saturated rings. The first-order chi connectivity index (χ1) is 5.84. The van der Waals surface area contributed by atoms with Crippen molar-refractivity contribution >= 4 is 0 Å². The lowest BCUT2D eigenvalue weighted by Gasteiger charge is -2.52. The van der Waals surface area contributed by atoms with Crippen molar-refractivity contribution in [3.8, 4) is 0 Å². The second-order valence-corrected chi connectivity index (χ2v) is 5.03. The molecule has 0 aromatic rings. The molecule has 3 heterocycles. The van der Waals surface area contributed by atoms with Gasteiger partial charge in [0.05, 0.1) is 32.3 Å². The maximum Gasteiger partial charge on any atom is 0.0945 e. The summed E-state index contributed by atoms with van der Waals surface area (Å²) >= 11 is 0. The molecule has 0 radical (unpaired) electrons. The molecule has 0 aromatic carbocycles. The zero-order chi connectivity index (χ0) is 8.18. The van der Waals surface area contributed by atoms with E-state index in [1.807, 2.05) is 0 Å². The Morgan fingerprint density at radius 2 is 2.08 bits per heavy atom. The van der Waals surface area contributed by atoms with Crippen LogP contribution in [0.4, 0.5) is 0 Å². The molecule has 0 amide bonds. The molecule has 3 rings (SSSR count). The Balaban J connectivity index is 1.85. The maximum absolute atomic E-state index is 9.23. The van der Waals surface area contributed by atoms with Gasteiger partial charge in [0.1, 0.15) is 0 Å². The predicted octanol–water partition coefficient (Wildman–Crippen LogP) is 0.608. The number of hydrogen-bond acceptors (Lipinski definition) is 1. The summed E-state index contributed by atoms with van der Waals surface area (Å²) in [5.74, 6) is 1.52. The van der Waals surface area contributed by atoms with Crippen molar-refractivity contribution in [2.45, 2.75) is 25.3 Å². The fraction of sp³-hybridized carbons (Fsp3) is 1.00. The van der Waals surface area contributed by atoms with Crippen molar-refractivity contribution in [3.05, 3.63) is 0 Å². The highest BCUT2D eigenvalue weighted by Gasteiger charge is 2.57. The average Bonchev–Trinajstić information content (AvgIpc) is 2.40. The number of piperidine rings is 1. The molecule has 0 saturated carbocycles. The van der Waals surface area contributed by atoms with Gasteiger partial charge in [-0.1, -0.05) is 0 Å². The number of nitrogens with zero attached hydrogens (tertiary/aromatic N) is 1. The van der Waals surface area contributed by atoms with Gasteiger partial charge in [-0.25, -0.2) is 0 Å². The van der Waals surface area contributed by atoms with E-state index < -0.39 is 0 Å². The van der Waals surface area contributed by atoms with Crippen LogP contribution in [0, 0.1) is 11.8 Å². The Morgan fingerprint density at radius 3 is 2.67 bits per heavy atom. The van der Waals surface area contributed by atoms with Gasteiger partial charge < -0.3 is 9.59 Å². The molecule has 2 unspecified atom stereocenters. The lowest BCUT2D eigenvalue weighted by Crippen LogP contribution is -2.65.